The third kappa shape index (κ3) is 2.82. The fourth-order valence-electron chi connectivity index (χ4n) is 1.82. The van der Waals surface area contributed by atoms with Crippen molar-refractivity contribution < 1.29 is 4.79 Å². The van der Waals surface area contributed by atoms with Gasteiger partial charge in [0.2, 0.25) is 0 Å². The Hall–Kier alpha value is -2.15. The van der Waals surface area contributed by atoms with Crippen LogP contribution in [0.15, 0.2) is 18.5 Å². The molecular formula is C12H18N6O. The van der Waals surface area contributed by atoms with Gasteiger partial charge in [0.25, 0.3) is 5.91 Å². The van der Waals surface area contributed by atoms with Crippen molar-refractivity contribution in [2.75, 3.05) is 11.9 Å². The maximum Gasteiger partial charge on any atom is 0.260 e. The monoisotopic (exact) mass is 262 g/mol. The molecule has 0 atom stereocenters. The summed E-state index contributed by atoms with van der Waals surface area (Å²) in [5.41, 5.74) is 6.88. The molecule has 2 aromatic heterocycles. The largest absolute Gasteiger partial charge is 0.330 e. The first-order valence-electron chi connectivity index (χ1n) is 6.15. The van der Waals surface area contributed by atoms with Gasteiger partial charge in [0.05, 0.1) is 18.0 Å². The van der Waals surface area contributed by atoms with E-state index < -0.39 is 0 Å². The van der Waals surface area contributed by atoms with Crippen molar-refractivity contribution >= 4 is 11.7 Å². The average molecular weight is 262 g/mol. The van der Waals surface area contributed by atoms with Crippen LogP contribution in [0.1, 0.15) is 22.5 Å². The zero-order chi connectivity index (χ0) is 13.8. The second-order valence-corrected chi connectivity index (χ2v) is 4.30. The number of carbonyl (C=O) groups excluding carboxylic acids is 1. The predicted molar refractivity (Wildman–Crippen MR) is 71.8 cm³/mol. The molecule has 0 aliphatic rings. The molecule has 0 saturated carbocycles. The van der Waals surface area contributed by atoms with E-state index in [0.29, 0.717) is 17.9 Å². The van der Waals surface area contributed by atoms with Gasteiger partial charge in [-0.15, -0.1) is 0 Å². The van der Waals surface area contributed by atoms with Crippen LogP contribution in [-0.4, -0.2) is 32.0 Å². The van der Waals surface area contributed by atoms with Gasteiger partial charge < -0.3 is 11.1 Å². The van der Waals surface area contributed by atoms with Gasteiger partial charge in [-0.05, 0) is 19.9 Å². The van der Waals surface area contributed by atoms with Gasteiger partial charge in [-0.3, -0.25) is 14.2 Å². The molecule has 1 amide bonds. The Morgan fingerprint density at radius 3 is 2.89 bits per heavy atom. The van der Waals surface area contributed by atoms with Gasteiger partial charge in [0.15, 0.2) is 0 Å². The Labute approximate surface area is 111 Å². The van der Waals surface area contributed by atoms with Crippen molar-refractivity contribution in [1.29, 1.82) is 0 Å². The molecule has 0 saturated heterocycles. The van der Waals surface area contributed by atoms with Crippen molar-refractivity contribution in [3.8, 4) is 0 Å². The zero-order valence-corrected chi connectivity index (χ0v) is 11.1. The molecule has 0 spiro atoms. The molecule has 2 rings (SSSR count). The Kier molecular flexibility index (Phi) is 3.96. The van der Waals surface area contributed by atoms with Crippen LogP contribution in [0.4, 0.5) is 5.82 Å². The van der Waals surface area contributed by atoms with E-state index in [2.05, 4.69) is 15.5 Å². The molecule has 0 fully saturated rings. The fourth-order valence-corrected chi connectivity index (χ4v) is 1.82. The number of rotatable bonds is 5. The van der Waals surface area contributed by atoms with Crippen LogP contribution in [0.2, 0.25) is 0 Å². The summed E-state index contributed by atoms with van der Waals surface area (Å²) < 4.78 is 3.40. The lowest BCUT2D eigenvalue weighted by atomic mass is 10.2. The Bertz CT molecular complexity index is 571. The summed E-state index contributed by atoms with van der Waals surface area (Å²) in [7, 11) is 1.77. The van der Waals surface area contributed by atoms with Crippen LogP contribution >= 0.6 is 0 Å². The summed E-state index contributed by atoms with van der Waals surface area (Å²) in [6.07, 6.45) is 4.05. The third-order valence-electron chi connectivity index (χ3n) is 2.98. The van der Waals surface area contributed by atoms with E-state index in [1.165, 1.54) is 0 Å². The number of nitrogens with two attached hydrogens (primary N) is 1. The molecule has 0 radical (unpaired) electrons. The second kappa shape index (κ2) is 5.66. The van der Waals surface area contributed by atoms with Crippen molar-refractivity contribution in [2.45, 2.75) is 19.9 Å². The number of hydrogen-bond donors (Lipinski definition) is 2. The van der Waals surface area contributed by atoms with Crippen molar-refractivity contribution in [3.05, 3.63) is 29.7 Å². The minimum absolute atomic E-state index is 0.180. The van der Waals surface area contributed by atoms with Gasteiger partial charge in [-0.1, -0.05) is 0 Å². The Balaban J connectivity index is 2.11. The highest BCUT2D eigenvalue weighted by molar-refractivity contribution is 6.04. The fraction of sp³-hybridized carbons (Fsp3) is 0.417. The van der Waals surface area contributed by atoms with Crippen LogP contribution in [-0.2, 0) is 13.6 Å². The number of nitrogens with zero attached hydrogens (tertiary/aromatic N) is 4. The lowest BCUT2D eigenvalue weighted by Gasteiger charge is -2.06. The van der Waals surface area contributed by atoms with Gasteiger partial charge in [-0.2, -0.15) is 10.2 Å². The number of nitrogens with one attached hydrogen (secondary N) is 1. The van der Waals surface area contributed by atoms with E-state index in [0.717, 1.165) is 18.7 Å². The maximum absolute atomic E-state index is 12.1. The molecule has 0 aliphatic carbocycles. The highest BCUT2D eigenvalue weighted by Gasteiger charge is 2.15. The lowest BCUT2D eigenvalue weighted by molar-refractivity contribution is 0.102. The highest BCUT2D eigenvalue weighted by atomic mass is 16.1. The number of amides is 1. The number of hydrogen-bond acceptors (Lipinski definition) is 4. The standard InChI is InChI=1S/C12H18N6O/c1-9-10(8-15-18(9)7-3-5-13)12(19)16-11-4-6-14-17(11)2/h4,6,8H,3,5,7,13H2,1-2H3,(H,16,19). The normalized spacial score (nSPS) is 10.7. The van der Waals surface area contributed by atoms with Crippen molar-refractivity contribution in [2.24, 2.45) is 12.8 Å². The molecule has 102 valence electrons. The van der Waals surface area contributed by atoms with Crippen molar-refractivity contribution in [3.63, 3.8) is 0 Å². The zero-order valence-electron chi connectivity index (χ0n) is 11.1. The molecule has 2 heterocycles. The molecule has 2 aromatic rings. The van der Waals surface area contributed by atoms with Gasteiger partial charge in [-0.25, -0.2) is 0 Å². The molecular weight excluding hydrogens is 244 g/mol. The Morgan fingerprint density at radius 2 is 2.26 bits per heavy atom. The van der Waals surface area contributed by atoms with Crippen LogP contribution in [0, 0.1) is 6.92 Å². The van der Waals surface area contributed by atoms with Crippen LogP contribution in [0.25, 0.3) is 0 Å². The van der Waals surface area contributed by atoms with E-state index in [1.807, 2.05) is 6.92 Å². The quantitative estimate of drug-likeness (QED) is 0.822. The predicted octanol–water partition coefficient (Wildman–Crippen LogP) is 0.526. The first-order valence-corrected chi connectivity index (χ1v) is 6.15. The molecule has 7 nitrogen and oxygen atoms in total. The first kappa shape index (κ1) is 13.3. The highest BCUT2D eigenvalue weighted by Crippen LogP contribution is 2.11. The Morgan fingerprint density at radius 1 is 1.47 bits per heavy atom. The summed E-state index contributed by atoms with van der Waals surface area (Å²) in [4.78, 5) is 12.1. The summed E-state index contributed by atoms with van der Waals surface area (Å²) in [6.45, 7) is 3.21. The van der Waals surface area contributed by atoms with Gasteiger partial charge in [0.1, 0.15) is 5.82 Å². The van der Waals surface area contributed by atoms with E-state index in [4.69, 9.17) is 5.73 Å². The summed E-state index contributed by atoms with van der Waals surface area (Å²) in [5, 5.41) is 11.0. The molecule has 0 unspecified atom stereocenters. The maximum atomic E-state index is 12.1. The number of aromatic nitrogens is 4. The topological polar surface area (TPSA) is 90.8 Å². The average Bonchev–Trinajstić information content (AvgIpc) is 2.94. The van der Waals surface area contributed by atoms with E-state index in [-0.39, 0.29) is 5.91 Å². The first-order chi connectivity index (χ1) is 9.13. The molecule has 0 bridgehead atoms. The minimum atomic E-state index is -0.180. The second-order valence-electron chi connectivity index (χ2n) is 4.30. The van der Waals surface area contributed by atoms with E-state index in [1.54, 1.807) is 34.9 Å². The van der Waals surface area contributed by atoms with Gasteiger partial charge in [0, 0.05) is 25.4 Å². The minimum Gasteiger partial charge on any atom is -0.330 e. The van der Waals surface area contributed by atoms with E-state index >= 15 is 0 Å². The summed E-state index contributed by atoms with van der Waals surface area (Å²) in [5.74, 6) is 0.471. The lowest BCUT2D eigenvalue weighted by Crippen LogP contribution is -2.16. The number of carbonyl (C=O) groups is 1. The van der Waals surface area contributed by atoms with Crippen molar-refractivity contribution in [1.82, 2.24) is 19.6 Å². The summed E-state index contributed by atoms with van der Waals surface area (Å²) >= 11 is 0. The molecule has 0 aromatic carbocycles. The van der Waals surface area contributed by atoms with E-state index in [9.17, 15) is 4.79 Å². The molecule has 19 heavy (non-hydrogen) atoms. The third-order valence-corrected chi connectivity index (χ3v) is 2.98. The van der Waals surface area contributed by atoms with Gasteiger partial charge >= 0.3 is 0 Å². The van der Waals surface area contributed by atoms with Crippen LogP contribution in [0.5, 0.6) is 0 Å². The summed E-state index contributed by atoms with van der Waals surface area (Å²) in [6, 6.07) is 1.74. The SMILES string of the molecule is Cc1c(C(=O)Nc2ccnn2C)cnn1CCCN. The smallest absolute Gasteiger partial charge is 0.260 e. The molecule has 7 heteroatoms. The number of anilines is 1. The molecule has 3 N–H and O–H groups in total. The number of aryl methyl sites for hydroxylation is 2. The molecule has 0 aliphatic heterocycles. The van der Waals surface area contributed by atoms with Crippen LogP contribution in [0.3, 0.4) is 0 Å². The van der Waals surface area contributed by atoms with Crippen LogP contribution < -0.4 is 11.1 Å².